The van der Waals surface area contributed by atoms with E-state index >= 15 is 9.59 Å². The van der Waals surface area contributed by atoms with Crippen LogP contribution in [0.1, 0.15) is 126 Å². The van der Waals surface area contributed by atoms with Gasteiger partial charge in [0.05, 0.1) is 43.7 Å². The Labute approximate surface area is 345 Å². The molecule has 58 heavy (non-hydrogen) atoms. The molecule has 2 fully saturated rings. The van der Waals surface area contributed by atoms with Crippen LogP contribution in [0, 0.1) is 11.8 Å². The van der Waals surface area contributed by atoms with Gasteiger partial charge in [0.1, 0.15) is 17.1 Å². The number of anilines is 1. The van der Waals surface area contributed by atoms with Gasteiger partial charge in [0.25, 0.3) is 5.88 Å². The molecule has 1 aliphatic heterocycles. The molecule has 1 saturated heterocycles. The summed E-state index contributed by atoms with van der Waals surface area (Å²) in [7, 11) is 4.42. The average Bonchev–Trinajstić information content (AvgIpc) is 3.44. The maximum Gasteiger partial charge on any atom is 0.265 e. The molecule has 13 nitrogen and oxygen atoms in total. The van der Waals surface area contributed by atoms with Gasteiger partial charge in [0, 0.05) is 23.1 Å². The fraction of sp³-hybridized carbons (Fsp3) is 0.682. The second kappa shape index (κ2) is 17.1. The van der Waals surface area contributed by atoms with Crippen LogP contribution in [0.5, 0.6) is 17.4 Å². The summed E-state index contributed by atoms with van der Waals surface area (Å²) < 4.78 is 31.8. The van der Waals surface area contributed by atoms with Gasteiger partial charge in [-0.3, -0.25) is 24.2 Å². The molecule has 3 aliphatic carbocycles. The third-order valence-corrected chi connectivity index (χ3v) is 17.7. The number of hydrogen-bond acceptors (Lipinski definition) is 12. The number of fused-ring (bicyclic) bond motifs is 4. The Morgan fingerprint density at radius 2 is 1.76 bits per heavy atom. The lowest BCUT2D eigenvalue weighted by Crippen LogP contribution is -2.68. The van der Waals surface area contributed by atoms with Gasteiger partial charge in [-0.1, -0.05) is 60.3 Å². The number of ketones is 2. The molecule has 1 unspecified atom stereocenters. The van der Waals surface area contributed by atoms with Crippen LogP contribution in [0.3, 0.4) is 0 Å². The Morgan fingerprint density at radius 3 is 2.40 bits per heavy atom. The van der Waals surface area contributed by atoms with E-state index in [0.717, 1.165) is 57.9 Å². The van der Waals surface area contributed by atoms with Crippen LogP contribution in [0.25, 0.3) is 5.76 Å². The minimum Gasteiger partial charge on any atom is -0.507 e. The zero-order valence-electron chi connectivity index (χ0n) is 36.6. The average molecular weight is 823 g/mol. The van der Waals surface area contributed by atoms with Gasteiger partial charge in [-0.25, -0.2) is 0 Å². The van der Waals surface area contributed by atoms with Crippen LogP contribution in [-0.2, 0) is 20.4 Å². The predicted molar refractivity (Wildman–Crippen MR) is 225 cm³/mol. The predicted octanol–water partition coefficient (Wildman–Crippen LogP) is 8.14. The van der Waals surface area contributed by atoms with Crippen LogP contribution in [0.15, 0.2) is 16.2 Å². The Kier molecular flexibility index (Phi) is 12.9. The van der Waals surface area contributed by atoms with E-state index in [4.69, 9.17) is 23.2 Å². The molecule has 6 rings (SSSR count). The van der Waals surface area contributed by atoms with Gasteiger partial charge < -0.3 is 33.6 Å². The van der Waals surface area contributed by atoms with E-state index in [1.807, 2.05) is 46.1 Å². The number of ether oxygens (including phenoxy) is 3. The number of aliphatic hydroxyl groups is 1. The van der Waals surface area contributed by atoms with E-state index in [1.165, 1.54) is 0 Å². The highest BCUT2D eigenvalue weighted by Crippen LogP contribution is 2.60. The standard InChI is InChI=1S/C44H66N4O9Si/c1-12-14-21-54-37-29(45-41(52)30-19-17-16-18-20-48(30)8)25-31(53-9)27-23-26-24-28-35(47(6)7)38-34(42(46-56-38)55-22-15-13-2)40(51)44(28,57-58(10,11)43(3,4)5)39(50)32(26)36(49)33(27)37/h25-26,28,30,35,49H,12-24H2,1-11H3,(H,45,52)/t26-,28-,30?,35-,44-/m0/s1. The fourth-order valence-electron chi connectivity index (χ4n) is 9.11. The highest BCUT2D eigenvalue weighted by molar-refractivity contribution is 6.74. The van der Waals surface area contributed by atoms with Crippen molar-refractivity contribution in [3.05, 3.63) is 34.1 Å². The zero-order valence-corrected chi connectivity index (χ0v) is 37.6. The van der Waals surface area contributed by atoms with E-state index in [2.05, 4.69) is 43.1 Å². The van der Waals surface area contributed by atoms with Crippen LogP contribution < -0.4 is 19.5 Å². The lowest BCUT2D eigenvalue weighted by Gasteiger charge is -2.55. The molecule has 1 aromatic heterocycles. The molecule has 1 aromatic carbocycles. The smallest absolute Gasteiger partial charge is 0.265 e. The van der Waals surface area contributed by atoms with E-state index < -0.39 is 43.4 Å². The quantitative estimate of drug-likeness (QED) is 0.107. The zero-order chi connectivity index (χ0) is 42.3. The number of likely N-dealkylation sites (N-methyl/N-ethyl adjacent to an activating group) is 1. The number of methoxy groups -OCH3 is 1. The molecular weight excluding hydrogens is 757 g/mol. The highest BCUT2D eigenvalue weighted by Gasteiger charge is 2.69. The Bertz CT molecular complexity index is 1920. The number of carbonyl (C=O) groups is 3. The maximum absolute atomic E-state index is 15.9. The summed E-state index contributed by atoms with van der Waals surface area (Å²) in [6.45, 7) is 15.9. The van der Waals surface area contributed by atoms with E-state index in [9.17, 15) is 9.90 Å². The molecule has 320 valence electrons. The number of nitrogens with one attached hydrogen (secondary N) is 1. The molecular formula is C44H66N4O9Si. The minimum absolute atomic E-state index is 0.0510. The summed E-state index contributed by atoms with van der Waals surface area (Å²) in [6.07, 6.45) is 7.61. The van der Waals surface area contributed by atoms with Crippen molar-refractivity contribution < 1.29 is 42.6 Å². The van der Waals surface area contributed by atoms with Crippen molar-refractivity contribution in [1.82, 2.24) is 15.0 Å². The minimum atomic E-state index is -2.91. The Morgan fingerprint density at radius 1 is 1.07 bits per heavy atom. The second-order valence-electron chi connectivity index (χ2n) is 18.4. The third kappa shape index (κ3) is 7.62. The van der Waals surface area contributed by atoms with E-state index in [0.29, 0.717) is 54.4 Å². The fourth-order valence-corrected chi connectivity index (χ4v) is 10.6. The topological polar surface area (TPSA) is 153 Å². The van der Waals surface area contributed by atoms with Gasteiger partial charge in [0.2, 0.25) is 17.5 Å². The first-order chi connectivity index (χ1) is 27.4. The van der Waals surface area contributed by atoms with Crippen LogP contribution in [0.4, 0.5) is 5.69 Å². The van der Waals surface area contributed by atoms with Crippen molar-refractivity contribution >= 4 is 37.2 Å². The number of carbonyl (C=O) groups excluding carboxylic acids is 3. The highest BCUT2D eigenvalue weighted by atomic mass is 28.4. The normalized spacial score (nSPS) is 25.1. The summed E-state index contributed by atoms with van der Waals surface area (Å²) >= 11 is 0. The van der Waals surface area contributed by atoms with Crippen molar-refractivity contribution in [1.29, 1.82) is 0 Å². The SMILES string of the molecule is CCCCOc1noc2c1C(=O)[C@@]1(O[Si](C)(C)C(C)(C)C)C(=O)C3=C(O)c4c(c(OC)cc(NC(=O)C5CCCCCN5C)c4OCCCC)C[C@H]3C[C@H]1[C@@H]2N(C)C. The van der Waals surface area contributed by atoms with Crippen molar-refractivity contribution in [3.63, 3.8) is 0 Å². The molecule has 14 heteroatoms. The van der Waals surface area contributed by atoms with Crippen molar-refractivity contribution in [2.75, 3.05) is 53.3 Å². The monoisotopic (exact) mass is 822 g/mol. The number of likely N-dealkylation sites (tertiary alicyclic amines) is 1. The summed E-state index contributed by atoms with van der Waals surface area (Å²) in [5.41, 5.74) is -0.451. The summed E-state index contributed by atoms with van der Waals surface area (Å²) in [5, 5.41) is 19.8. The van der Waals surface area contributed by atoms with Gasteiger partial charge in [-0.2, -0.15) is 0 Å². The molecule has 0 spiro atoms. The largest absolute Gasteiger partial charge is 0.507 e. The summed E-state index contributed by atoms with van der Waals surface area (Å²) in [4.78, 5) is 49.4. The van der Waals surface area contributed by atoms with E-state index in [-0.39, 0.29) is 45.5 Å². The number of benzene rings is 1. The lowest BCUT2D eigenvalue weighted by atomic mass is 9.57. The first-order valence-electron chi connectivity index (χ1n) is 21.3. The molecule has 0 radical (unpaired) electrons. The molecule has 5 atom stereocenters. The van der Waals surface area contributed by atoms with Crippen LogP contribution >= 0.6 is 0 Å². The second-order valence-corrected chi connectivity index (χ2v) is 23.2. The Balaban J connectivity index is 1.57. The molecule has 1 amide bonds. The van der Waals surface area contributed by atoms with Gasteiger partial charge >= 0.3 is 0 Å². The summed E-state index contributed by atoms with van der Waals surface area (Å²) in [6, 6.07) is 0.863. The number of hydrogen-bond donors (Lipinski definition) is 2. The first-order valence-corrected chi connectivity index (χ1v) is 24.3. The lowest BCUT2D eigenvalue weighted by molar-refractivity contribution is -0.140. The van der Waals surface area contributed by atoms with Gasteiger partial charge in [-0.15, -0.1) is 0 Å². The van der Waals surface area contributed by atoms with Crippen molar-refractivity contribution in [2.45, 2.75) is 135 Å². The number of aliphatic hydroxyl groups excluding tert-OH is 1. The van der Waals surface area contributed by atoms with Crippen molar-refractivity contribution in [3.8, 4) is 17.4 Å². The maximum atomic E-state index is 15.9. The molecule has 0 bridgehead atoms. The summed E-state index contributed by atoms with van der Waals surface area (Å²) in [5.74, 6) is -1.63. The molecule has 2 aromatic rings. The molecule has 1 saturated carbocycles. The number of unbranched alkanes of at least 4 members (excludes halogenated alkanes) is 2. The third-order valence-electron chi connectivity index (χ3n) is 13.3. The number of aromatic nitrogens is 1. The first kappa shape index (κ1) is 43.8. The number of amides is 1. The number of Topliss-reactive ketones (excluding diaryl/α,β-unsaturated/α-hetero) is 2. The molecule has 2 heterocycles. The van der Waals surface area contributed by atoms with Gasteiger partial charge in [0.15, 0.2) is 25.4 Å². The number of rotatable bonds is 14. The Hall–Kier alpha value is -3.72. The van der Waals surface area contributed by atoms with Crippen molar-refractivity contribution in [2.24, 2.45) is 11.8 Å². The molecule has 4 aliphatic rings. The number of nitrogens with zero attached hydrogens (tertiary/aromatic N) is 3. The van der Waals surface area contributed by atoms with E-state index in [1.54, 1.807) is 13.2 Å². The van der Waals surface area contributed by atoms with Gasteiger partial charge in [-0.05, 0) is 95.4 Å². The van der Waals surface area contributed by atoms with Crippen LogP contribution in [-0.4, -0.2) is 106 Å². The molecule has 2 N–H and O–H groups in total. The van der Waals surface area contributed by atoms with Crippen LogP contribution in [0.2, 0.25) is 18.1 Å².